The summed E-state index contributed by atoms with van der Waals surface area (Å²) in [4.78, 5) is 0. The lowest BCUT2D eigenvalue weighted by Crippen LogP contribution is -2.53. The van der Waals surface area contributed by atoms with Crippen LogP contribution in [-0.2, 0) is 9.47 Å². The van der Waals surface area contributed by atoms with Gasteiger partial charge in [-0.25, -0.2) is 22.0 Å². The van der Waals surface area contributed by atoms with Crippen LogP contribution in [0, 0.1) is 17.8 Å². The van der Waals surface area contributed by atoms with Crippen LogP contribution in [0.4, 0.5) is 43.9 Å². The summed E-state index contributed by atoms with van der Waals surface area (Å²) in [5.74, 6) is -3.20. The highest BCUT2D eigenvalue weighted by Crippen LogP contribution is 2.48. The van der Waals surface area contributed by atoms with E-state index in [-0.39, 0.29) is 31.6 Å². The molecule has 0 heterocycles. The Labute approximate surface area is 179 Å². The van der Waals surface area contributed by atoms with E-state index in [2.05, 4.69) is 9.47 Å². The van der Waals surface area contributed by atoms with Crippen molar-refractivity contribution in [1.82, 2.24) is 0 Å². The van der Waals surface area contributed by atoms with Crippen LogP contribution in [-0.4, -0.2) is 55.5 Å². The highest BCUT2D eigenvalue weighted by Gasteiger charge is 2.57. The van der Waals surface area contributed by atoms with Crippen molar-refractivity contribution >= 4 is 0 Å². The molecule has 4 unspecified atom stereocenters. The number of rotatable bonds is 5. The number of hydrogen-bond donors (Lipinski definition) is 0. The van der Waals surface area contributed by atoms with Crippen molar-refractivity contribution in [2.45, 2.75) is 107 Å². The van der Waals surface area contributed by atoms with Gasteiger partial charge in [-0.05, 0) is 50.4 Å². The Morgan fingerprint density at radius 2 is 1.06 bits per heavy atom. The largest absolute Gasteiger partial charge is 0.522 e. The van der Waals surface area contributed by atoms with Gasteiger partial charge in [-0.15, -0.1) is 13.2 Å². The minimum atomic E-state index is -5.32. The zero-order chi connectivity index (χ0) is 23.8. The standard InChI is InChI=1S/C20H26F10O2/c21-11-3-1-9(2-4-11)10-5-13(22)17(14(23)6-10)19(26,27)31-12-7-15(24)18(16(25)8-12)32-20(28,29)30/h9-18H,1-8H2. The molecule has 0 aromatic heterocycles. The topological polar surface area (TPSA) is 18.5 Å². The van der Waals surface area contributed by atoms with Crippen LogP contribution in [0.1, 0.15) is 51.4 Å². The van der Waals surface area contributed by atoms with Gasteiger partial charge < -0.3 is 4.74 Å². The monoisotopic (exact) mass is 488 g/mol. The number of ether oxygens (including phenoxy) is 2. The van der Waals surface area contributed by atoms with Crippen LogP contribution >= 0.6 is 0 Å². The fraction of sp³-hybridized carbons (Fsp3) is 1.00. The maximum Gasteiger partial charge on any atom is 0.522 e. The Bertz CT molecular complexity index is 586. The zero-order valence-corrected chi connectivity index (χ0v) is 17.0. The summed E-state index contributed by atoms with van der Waals surface area (Å²) in [6, 6.07) is 0. The maximum absolute atomic E-state index is 14.7. The quantitative estimate of drug-likeness (QED) is 0.408. The molecule has 3 aliphatic carbocycles. The van der Waals surface area contributed by atoms with E-state index >= 15 is 0 Å². The molecule has 2 nitrogen and oxygen atoms in total. The molecule has 3 aliphatic rings. The summed E-state index contributed by atoms with van der Waals surface area (Å²) < 4.78 is 144. The molecule has 3 fully saturated rings. The average Bonchev–Trinajstić information content (AvgIpc) is 2.63. The smallest absolute Gasteiger partial charge is 0.317 e. The first-order valence-corrected chi connectivity index (χ1v) is 10.8. The molecule has 3 saturated carbocycles. The molecular formula is C20H26F10O2. The van der Waals surface area contributed by atoms with Gasteiger partial charge in [0.15, 0.2) is 0 Å². The van der Waals surface area contributed by atoms with Crippen LogP contribution in [0.15, 0.2) is 0 Å². The molecule has 32 heavy (non-hydrogen) atoms. The van der Waals surface area contributed by atoms with Gasteiger partial charge in [0.1, 0.15) is 42.9 Å². The van der Waals surface area contributed by atoms with E-state index in [1.54, 1.807) is 0 Å². The lowest BCUT2D eigenvalue weighted by Gasteiger charge is -2.43. The third-order valence-corrected chi connectivity index (χ3v) is 6.87. The first-order chi connectivity index (χ1) is 14.8. The van der Waals surface area contributed by atoms with Crippen molar-refractivity contribution in [3.63, 3.8) is 0 Å². The summed E-state index contributed by atoms with van der Waals surface area (Å²) in [6.07, 6.45) is -26.3. The van der Waals surface area contributed by atoms with Gasteiger partial charge in [-0.2, -0.15) is 8.78 Å². The Hall–Kier alpha value is -0.780. The second-order valence-corrected chi connectivity index (χ2v) is 9.13. The Balaban J connectivity index is 1.59. The van der Waals surface area contributed by atoms with Crippen molar-refractivity contribution in [3.8, 4) is 0 Å². The van der Waals surface area contributed by atoms with E-state index in [0.29, 0.717) is 12.8 Å². The van der Waals surface area contributed by atoms with Gasteiger partial charge in [0.2, 0.25) is 0 Å². The molecule has 0 aromatic rings. The van der Waals surface area contributed by atoms with Gasteiger partial charge in [-0.1, -0.05) is 0 Å². The van der Waals surface area contributed by atoms with Crippen LogP contribution < -0.4 is 0 Å². The number of alkyl halides is 10. The Morgan fingerprint density at radius 3 is 1.53 bits per heavy atom. The van der Waals surface area contributed by atoms with E-state index in [1.165, 1.54) is 0 Å². The summed E-state index contributed by atoms with van der Waals surface area (Å²) in [5, 5.41) is 0. The van der Waals surface area contributed by atoms with Crippen LogP contribution in [0.3, 0.4) is 0 Å². The second kappa shape index (κ2) is 9.84. The highest BCUT2D eigenvalue weighted by molar-refractivity contribution is 4.95. The molecule has 0 amide bonds. The van der Waals surface area contributed by atoms with Crippen molar-refractivity contribution in [1.29, 1.82) is 0 Å². The van der Waals surface area contributed by atoms with Crippen molar-refractivity contribution in [3.05, 3.63) is 0 Å². The van der Waals surface area contributed by atoms with Crippen LogP contribution in [0.25, 0.3) is 0 Å². The SMILES string of the molecule is FC1CCC(C2CC(F)C(C(F)(F)OC3CC(F)C(OC(F)(F)F)C(F)C3)C(F)C2)CC1. The molecule has 3 rings (SSSR count). The molecule has 0 saturated heterocycles. The molecule has 188 valence electrons. The molecule has 0 aromatic carbocycles. The summed E-state index contributed by atoms with van der Waals surface area (Å²) >= 11 is 0. The Kier molecular flexibility index (Phi) is 7.94. The molecule has 0 N–H and O–H groups in total. The minimum absolute atomic E-state index is 0.169. The molecule has 12 heteroatoms. The van der Waals surface area contributed by atoms with Crippen LogP contribution in [0.5, 0.6) is 0 Å². The predicted octanol–water partition coefficient (Wildman–Crippen LogP) is 6.57. The highest BCUT2D eigenvalue weighted by atomic mass is 19.4. The normalized spacial score (nSPS) is 44.4. The fourth-order valence-electron chi connectivity index (χ4n) is 5.34. The van der Waals surface area contributed by atoms with E-state index < -0.39 is 80.2 Å². The lowest BCUT2D eigenvalue weighted by atomic mass is 9.69. The summed E-state index contributed by atoms with van der Waals surface area (Å²) in [6.45, 7) is 0. The van der Waals surface area contributed by atoms with E-state index in [0.717, 1.165) is 0 Å². The van der Waals surface area contributed by atoms with Crippen molar-refractivity contribution < 1.29 is 53.4 Å². The van der Waals surface area contributed by atoms with Gasteiger partial charge >= 0.3 is 12.5 Å². The molecule has 0 spiro atoms. The third-order valence-electron chi connectivity index (χ3n) is 6.87. The Morgan fingerprint density at radius 1 is 0.562 bits per heavy atom. The molecule has 0 aliphatic heterocycles. The molecule has 0 bridgehead atoms. The summed E-state index contributed by atoms with van der Waals surface area (Å²) in [7, 11) is 0. The predicted molar refractivity (Wildman–Crippen MR) is 92.6 cm³/mol. The first kappa shape index (κ1) is 25.8. The lowest BCUT2D eigenvalue weighted by molar-refractivity contribution is -0.366. The fourth-order valence-corrected chi connectivity index (χ4v) is 5.34. The van der Waals surface area contributed by atoms with Crippen molar-refractivity contribution in [2.75, 3.05) is 0 Å². The van der Waals surface area contributed by atoms with E-state index in [9.17, 15) is 43.9 Å². The molecular weight excluding hydrogens is 462 g/mol. The van der Waals surface area contributed by atoms with Gasteiger partial charge in [0.25, 0.3) is 0 Å². The third kappa shape index (κ3) is 6.21. The maximum atomic E-state index is 14.7. The second-order valence-electron chi connectivity index (χ2n) is 9.13. The summed E-state index contributed by atoms with van der Waals surface area (Å²) in [5.41, 5.74) is 0. The van der Waals surface area contributed by atoms with Crippen molar-refractivity contribution in [2.24, 2.45) is 17.8 Å². The van der Waals surface area contributed by atoms with E-state index in [1.807, 2.05) is 0 Å². The number of halogens is 10. The first-order valence-electron chi connectivity index (χ1n) is 10.8. The van der Waals surface area contributed by atoms with Gasteiger partial charge in [0, 0.05) is 12.8 Å². The van der Waals surface area contributed by atoms with Crippen LogP contribution in [0.2, 0.25) is 0 Å². The van der Waals surface area contributed by atoms with Gasteiger partial charge in [0.05, 0.1) is 6.10 Å². The van der Waals surface area contributed by atoms with E-state index in [4.69, 9.17) is 0 Å². The zero-order valence-electron chi connectivity index (χ0n) is 17.0. The van der Waals surface area contributed by atoms with Gasteiger partial charge in [-0.3, -0.25) is 4.74 Å². The molecule has 4 atom stereocenters. The average molecular weight is 488 g/mol. The minimum Gasteiger partial charge on any atom is -0.317 e. The molecule has 0 radical (unpaired) electrons. The number of hydrogen-bond acceptors (Lipinski definition) is 2.